The number of aromatic nitrogens is 2. The number of guanidine groups is 1. The summed E-state index contributed by atoms with van der Waals surface area (Å²) in [6, 6.07) is 20.2. The van der Waals surface area contributed by atoms with E-state index in [0.29, 0.717) is 12.5 Å². The first-order chi connectivity index (χ1) is 11.8. The fourth-order valence-electron chi connectivity index (χ4n) is 2.45. The van der Waals surface area contributed by atoms with E-state index in [0.717, 1.165) is 24.5 Å². The molecule has 3 aromatic rings. The van der Waals surface area contributed by atoms with Crippen molar-refractivity contribution < 1.29 is 0 Å². The molecule has 25 heavy (non-hydrogen) atoms. The third-order valence-corrected chi connectivity index (χ3v) is 3.72. The Morgan fingerprint density at radius 3 is 2.44 bits per heavy atom. The van der Waals surface area contributed by atoms with Crippen LogP contribution in [0.1, 0.15) is 11.4 Å². The lowest BCUT2D eigenvalue weighted by Crippen LogP contribution is -2.22. The van der Waals surface area contributed by atoms with E-state index < -0.39 is 0 Å². The molecule has 130 valence electrons. The van der Waals surface area contributed by atoms with E-state index in [1.807, 2.05) is 42.6 Å². The van der Waals surface area contributed by atoms with Crippen molar-refractivity contribution in [1.82, 2.24) is 9.55 Å². The van der Waals surface area contributed by atoms with Gasteiger partial charge in [-0.2, -0.15) is 0 Å². The minimum Gasteiger partial charge on any atom is -0.370 e. The van der Waals surface area contributed by atoms with Crippen molar-refractivity contribution >= 4 is 35.6 Å². The molecule has 0 amide bonds. The summed E-state index contributed by atoms with van der Waals surface area (Å²) in [6.45, 7) is 1.33. The maximum Gasteiger partial charge on any atom is 0.193 e. The maximum absolute atomic E-state index is 5.94. The van der Waals surface area contributed by atoms with Crippen molar-refractivity contribution in [1.29, 1.82) is 0 Å². The molecule has 0 aliphatic rings. The number of nitrogens with zero attached hydrogens (tertiary/aromatic N) is 3. The summed E-state index contributed by atoms with van der Waals surface area (Å²) in [6.07, 6.45) is 4.75. The molecule has 5 nitrogen and oxygen atoms in total. The summed E-state index contributed by atoms with van der Waals surface area (Å²) in [5, 5.41) is 3.07. The van der Waals surface area contributed by atoms with Gasteiger partial charge in [0, 0.05) is 24.6 Å². The van der Waals surface area contributed by atoms with Gasteiger partial charge < -0.3 is 15.6 Å². The fraction of sp³-hybridized carbons (Fsp3) is 0.158. The Hall–Kier alpha value is -2.35. The number of hydrogen-bond acceptors (Lipinski definition) is 2. The molecule has 0 saturated carbocycles. The zero-order valence-corrected chi connectivity index (χ0v) is 16.2. The Morgan fingerprint density at radius 1 is 1.04 bits per heavy atom. The predicted molar refractivity (Wildman–Crippen MR) is 113 cm³/mol. The van der Waals surface area contributed by atoms with Crippen LogP contribution in [-0.2, 0) is 19.5 Å². The standard InChI is InChI=1S/C19H21N5.HI/c20-19(23-17-9-5-2-6-10-17)22-15-18-21-12-14-24(18)13-11-16-7-3-1-4-8-16;/h1-10,12,14H,11,13,15H2,(H3,20,22,23);1H. The predicted octanol–water partition coefficient (Wildman–Crippen LogP) is 3.67. The molecule has 0 spiro atoms. The molecule has 0 aliphatic heterocycles. The highest BCUT2D eigenvalue weighted by Crippen LogP contribution is 2.07. The monoisotopic (exact) mass is 447 g/mol. The van der Waals surface area contributed by atoms with Gasteiger partial charge in [0.2, 0.25) is 0 Å². The van der Waals surface area contributed by atoms with Crippen molar-refractivity contribution in [2.75, 3.05) is 5.32 Å². The van der Waals surface area contributed by atoms with E-state index in [1.54, 1.807) is 6.20 Å². The summed E-state index contributed by atoms with van der Waals surface area (Å²) in [5.41, 5.74) is 8.17. The highest BCUT2D eigenvalue weighted by Gasteiger charge is 2.03. The van der Waals surface area contributed by atoms with Crippen LogP contribution in [-0.4, -0.2) is 15.5 Å². The number of hydrogen-bond donors (Lipinski definition) is 2. The van der Waals surface area contributed by atoms with E-state index in [9.17, 15) is 0 Å². The maximum atomic E-state index is 5.94. The number of nitrogens with one attached hydrogen (secondary N) is 1. The average molecular weight is 447 g/mol. The van der Waals surface area contributed by atoms with Gasteiger partial charge in [-0.05, 0) is 24.1 Å². The van der Waals surface area contributed by atoms with Crippen molar-refractivity contribution in [2.45, 2.75) is 19.5 Å². The number of nitrogens with two attached hydrogens (primary N) is 1. The summed E-state index contributed by atoms with van der Waals surface area (Å²) in [5.74, 6) is 1.29. The van der Waals surface area contributed by atoms with Gasteiger partial charge >= 0.3 is 0 Å². The van der Waals surface area contributed by atoms with E-state index in [4.69, 9.17) is 5.73 Å². The molecule has 0 unspecified atom stereocenters. The zero-order chi connectivity index (χ0) is 16.6. The minimum absolute atomic E-state index is 0. The fourth-order valence-corrected chi connectivity index (χ4v) is 2.45. The summed E-state index contributed by atoms with van der Waals surface area (Å²) in [4.78, 5) is 8.76. The van der Waals surface area contributed by atoms with E-state index in [-0.39, 0.29) is 24.0 Å². The zero-order valence-electron chi connectivity index (χ0n) is 13.9. The van der Waals surface area contributed by atoms with E-state index in [2.05, 4.69) is 44.1 Å². The van der Waals surface area contributed by atoms with Crippen LogP contribution in [0, 0.1) is 0 Å². The van der Waals surface area contributed by atoms with Gasteiger partial charge in [0.05, 0.1) is 0 Å². The molecule has 3 rings (SSSR count). The lowest BCUT2D eigenvalue weighted by Gasteiger charge is -2.08. The van der Waals surface area contributed by atoms with Crippen LogP contribution >= 0.6 is 24.0 Å². The number of aliphatic imine (C=N–C) groups is 1. The number of benzene rings is 2. The van der Waals surface area contributed by atoms with Gasteiger partial charge in [-0.25, -0.2) is 9.98 Å². The van der Waals surface area contributed by atoms with Crippen LogP contribution < -0.4 is 11.1 Å². The Morgan fingerprint density at radius 2 is 1.72 bits per heavy atom. The Labute approximate surface area is 165 Å². The van der Waals surface area contributed by atoms with Crippen molar-refractivity contribution in [3.63, 3.8) is 0 Å². The second-order valence-corrected chi connectivity index (χ2v) is 5.46. The third kappa shape index (κ3) is 5.90. The topological polar surface area (TPSA) is 68.2 Å². The number of para-hydroxylation sites is 1. The largest absolute Gasteiger partial charge is 0.370 e. The smallest absolute Gasteiger partial charge is 0.193 e. The van der Waals surface area contributed by atoms with Crippen LogP contribution in [0.2, 0.25) is 0 Å². The normalized spacial score (nSPS) is 11.0. The van der Waals surface area contributed by atoms with Gasteiger partial charge in [-0.1, -0.05) is 48.5 Å². The van der Waals surface area contributed by atoms with E-state index >= 15 is 0 Å². The second-order valence-electron chi connectivity index (χ2n) is 5.46. The Balaban J connectivity index is 0.00000225. The molecule has 6 heteroatoms. The molecule has 3 N–H and O–H groups in total. The van der Waals surface area contributed by atoms with Gasteiger partial charge in [0.15, 0.2) is 5.96 Å². The molecule has 0 fully saturated rings. The van der Waals surface area contributed by atoms with Gasteiger partial charge in [0.1, 0.15) is 12.4 Å². The van der Waals surface area contributed by atoms with Crippen LogP contribution in [0.15, 0.2) is 78.0 Å². The third-order valence-electron chi connectivity index (χ3n) is 3.72. The Kier molecular flexibility index (Phi) is 7.46. The van der Waals surface area contributed by atoms with Crippen molar-refractivity contribution in [3.8, 4) is 0 Å². The molecule has 1 heterocycles. The molecule has 0 bridgehead atoms. The van der Waals surface area contributed by atoms with Crippen LogP contribution in [0.5, 0.6) is 0 Å². The van der Waals surface area contributed by atoms with Gasteiger partial charge in [-0.3, -0.25) is 0 Å². The first kappa shape index (κ1) is 19.0. The molecular weight excluding hydrogens is 425 g/mol. The Bertz CT molecular complexity index is 784. The number of aryl methyl sites for hydroxylation is 2. The van der Waals surface area contributed by atoms with Crippen LogP contribution in [0.4, 0.5) is 5.69 Å². The first-order valence-corrected chi connectivity index (χ1v) is 7.97. The first-order valence-electron chi connectivity index (χ1n) is 7.97. The molecule has 0 aliphatic carbocycles. The molecular formula is C19H22IN5. The number of rotatable bonds is 6. The number of halogens is 1. The van der Waals surface area contributed by atoms with E-state index in [1.165, 1.54) is 5.56 Å². The summed E-state index contributed by atoms with van der Waals surface area (Å²) in [7, 11) is 0. The lowest BCUT2D eigenvalue weighted by atomic mass is 10.1. The highest BCUT2D eigenvalue weighted by atomic mass is 127. The molecule has 1 aromatic heterocycles. The number of anilines is 1. The van der Waals surface area contributed by atoms with Crippen molar-refractivity contribution in [2.24, 2.45) is 10.7 Å². The minimum atomic E-state index is 0. The lowest BCUT2D eigenvalue weighted by molar-refractivity contribution is 0.652. The average Bonchev–Trinajstić information content (AvgIpc) is 3.07. The molecule has 0 saturated heterocycles. The van der Waals surface area contributed by atoms with Gasteiger partial charge in [-0.15, -0.1) is 24.0 Å². The van der Waals surface area contributed by atoms with Crippen molar-refractivity contribution in [3.05, 3.63) is 84.4 Å². The summed E-state index contributed by atoms with van der Waals surface area (Å²) < 4.78 is 2.12. The molecule has 0 radical (unpaired) electrons. The van der Waals surface area contributed by atoms with Crippen LogP contribution in [0.3, 0.4) is 0 Å². The highest BCUT2D eigenvalue weighted by molar-refractivity contribution is 14.0. The SMILES string of the molecule is I.NC(=NCc1nccn1CCc1ccccc1)Nc1ccccc1. The number of imidazole rings is 1. The summed E-state index contributed by atoms with van der Waals surface area (Å²) >= 11 is 0. The van der Waals surface area contributed by atoms with Gasteiger partial charge in [0.25, 0.3) is 0 Å². The quantitative estimate of drug-likeness (QED) is 0.344. The molecule has 0 atom stereocenters. The second kappa shape index (κ2) is 9.83. The molecule has 2 aromatic carbocycles. The van der Waals surface area contributed by atoms with Crippen LogP contribution in [0.25, 0.3) is 0 Å².